The Morgan fingerprint density at radius 3 is 2.32 bits per heavy atom. The van der Waals surface area contributed by atoms with Crippen molar-refractivity contribution in [1.82, 2.24) is 0 Å². The van der Waals surface area contributed by atoms with E-state index < -0.39 is 5.91 Å². The lowest BCUT2D eigenvalue weighted by Crippen LogP contribution is -2.50. The van der Waals surface area contributed by atoms with E-state index in [1.165, 1.54) is 19.3 Å². The van der Waals surface area contributed by atoms with Gasteiger partial charge >= 0.3 is 5.97 Å². The van der Waals surface area contributed by atoms with Crippen molar-refractivity contribution in [3.8, 4) is 6.07 Å². The number of nitrogens with one attached hydrogen (secondary N) is 1. The zero-order chi connectivity index (χ0) is 17.4. The van der Waals surface area contributed by atoms with Gasteiger partial charge in [0.1, 0.15) is 6.07 Å². The van der Waals surface area contributed by atoms with Gasteiger partial charge in [-0.25, -0.2) is 0 Å². The molecule has 1 amide bonds. The molecule has 5 heteroatoms. The van der Waals surface area contributed by atoms with Gasteiger partial charge in [-0.3, -0.25) is 9.59 Å². The molecule has 4 aliphatic carbocycles. The second-order valence-corrected chi connectivity index (χ2v) is 7.98. The van der Waals surface area contributed by atoms with Crippen molar-refractivity contribution >= 4 is 17.6 Å². The molecule has 1 aromatic rings. The monoisotopic (exact) mass is 338 g/mol. The van der Waals surface area contributed by atoms with Crippen LogP contribution in [0.25, 0.3) is 0 Å². The third-order valence-electron chi connectivity index (χ3n) is 6.13. The molecule has 4 aliphatic rings. The van der Waals surface area contributed by atoms with Gasteiger partial charge < -0.3 is 10.1 Å². The van der Waals surface area contributed by atoms with E-state index in [0.717, 1.165) is 19.3 Å². The van der Waals surface area contributed by atoms with Gasteiger partial charge in [-0.05, 0) is 68.4 Å². The number of anilines is 1. The van der Waals surface area contributed by atoms with Crippen LogP contribution in [0.15, 0.2) is 24.3 Å². The lowest BCUT2D eigenvalue weighted by molar-refractivity contribution is -0.172. The van der Waals surface area contributed by atoms with Gasteiger partial charge in [0, 0.05) is 0 Å². The fraction of sp³-hybridized carbons (Fsp3) is 0.550. The lowest BCUT2D eigenvalue weighted by atomic mass is 9.49. The van der Waals surface area contributed by atoms with E-state index in [-0.39, 0.29) is 18.0 Å². The molecule has 0 heterocycles. The maximum atomic E-state index is 12.7. The zero-order valence-corrected chi connectivity index (χ0v) is 14.2. The van der Waals surface area contributed by atoms with E-state index in [1.807, 2.05) is 6.07 Å². The highest BCUT2D eigenvalue weighted by Gasteiger charge is 2.55. The number of amides is 1. The predicted molar refractivity (Wildman–Crippen MR) is 91.4 cm³/mol. The van der Waals surface area contributed by atoms with Crippen molar-refractivity contribution in [3.63, 3.8) is 0 Å². The summed E-state index contributed by atoms with van der Waals surface area (Å²) in [5.74, 6) is 1.39. The van der Waals surface area contributed by atoms with Crippen LogP contribution in [-0.4, -0.2) is 18.5 Å². The van der Waals surface area contributed by atoms with E-state index in [1.54, 1.807) is 24.3 Å². The number of para-hydroxylation sites is 1. The molecule has 0 saturated heterocycles. The number of nitriles is 1. The molecular formula is C20H22N2O3. The minimum Gasteiger partial charge on any atom is -0.455 e. The molecule has 1 aromatic carbocycles. The predicted octanol–water partition coefficient (Wildman–Crippen LogP) is 3.26. The van der Waals surface area contributed by atoms with Gasteiger partial charge in [-0.15, -0.1) is 0 Å². The number of esters is 1. The fourth-order valence-electron chi connectivity index (χ4n) is 5.52. The number of carbonyl (C=O) groups is 2. The summed E-state index contributed by atoms with van der Waals surface area (Å²) < 4.78 is 5.40. The summed E-state index contributed by atoms with van der Waals surface area (Å²) in [7, 11) is 0. The summed E-state index contributed by atoms with van der Waals surface area (Å²) in [6, 6.07) is 8.82. The summed E-state index contributed by atoms with van der Waals surface area (Å²) in [5.41, 5.74) is 0.490. The Balaban J connectivity index is 1.36. The van der Waals surface area contributed by atoms with E-state index >= 15 is 0 Å². The Morgan fingerprint density at radius 1 is 1.12 bits per heavy atom. The summed E-state index contributed by atoms with van der Waals surface area (Å²) in [5, 5.41) is 11.7. The van der Waals surface area contributed by atoms with E-state index in [9.17, 15) is 9.59 Å². The molecule has 4 saturated carbocycles. The first-order valence-corrected chi connectivity index (χ1v) is 9.04. The first-order chi connectivity index (χ1) is 12.1. The molecule has 5 rings (SSSR count). The Labute approximate surface area is 147 Å². The number of carbonyl (C=O) groups excluding carboxylic acids is 2. The third kappa shape index (κ3) is 3.02. The second kappa shape index (κ2) is 6.18. The number of ether oxygens (including phenoxy) is 1. The van der Waals surface area contributed by atoms with Crippen LogP contribution in [0, 0.1) is 34.5 Å². The van der Waals surface area contributed by atoms with Crippen LogP contribution in [-0.2, 0) is 14.3 Å². The molecule has 130 valence electrons. The normalized spacial score (nSPS) is 32.0. The summed E-state index contributed by atoms with van der Waals surface area (Å²) in [6.45, 7) is -0.291. The van der Waals surface area contributed by atoms with E-state index in [0.29, 0.717) is 29.0 Å². The molecule has 5 nitrogen and oxygen atoms in total. The van der Waals surface area contributed by atoms with Crippen LogP contribution in [0.2, 0.25) is 0 Å². The molecule has 1 N–H and O–H groups in total. The Morgan fingerprint density at radius 2 is 1.72 bits per heavy atom. The number of rotatable bonds is 4. The molecule has 0 aliphatic heterocycles. The maximum absolute atomic E-state index is 12.7. The largest absolute Gasteiger partial charge is 0.455 e. The molecule has 0 aromatic heterocycles. The average Bonchev–Trinajstić information content (AvgIpc) is 2.59. The summed E-state index contributed by atoms with van der Waals surface area (Å²) >= 11 is 0. The van der Waals surface area contributed by atoms with Crippen LogP contribution in [0.1, 0.15) is 44.1 Å². The van der Waals surface area contributed by atoms with E-state index in [2.05, 4.69) is 5.32 Å². The zero-order valence-electron chi connectivity index (χ0n) is 14.2. The summed E-state index contributed by atoms with van der Waals surface area (Å²) in [4.78, 5) is 24.8. The molecule has 0 unspecified atom stereocenters. The number of hydrogen-bond donors (Lipinski definition) is 1. The van der Waals surface area contributed by atoms with Crippen LogP contribution < -0.4 is 5.32 Å². The smallest absolute Gasteiger partial charge is 0.312 e. The van der Waals surface area contributed by atoms with Crippen molar-refractivity contribution < 1.29 is 14.3 Å². The number of nitrogens with zero attached hydrogens (tertiary/aromatic N) is 1. The lowest BCUT2D eigenvalue weighted by Gasteiger charge is -2.55. The molecular weight excluding hydrogens is 316 g/mol. The fourth-order valence-corrected chi connectivity index (χ4v) is 5.52. The van der Waals surface area contributed by atoms with Crippen molar-refractivity contribution in [2.45, 2.75) is 38.5 Å². The second-order valence-electron chi connectivity index (χ2n) is 7.98. The first-order valence-electron chi connectivity index (χ1n) is 9.04. The quantitative estimate of drug-likeness (QED) is 0.855. The van der Waals surface area contributed by atoms with Crippen molar-refractivity contribution in [3.05, 3.63) is 29.8 Å². The minimum absolute atomic E-state index is 0.199. The van der Waals surface area contributed by atoms with Crippen molar-refractivity contribution in [2.75, 3.05) is 11.9 Å². The third-order valence-corrected chi connectivity index (χ3v) is 6.13. The highest BCUT2D eigenvalue weighted by Crippen LogP contribution is 2.60. The van der Waals surface area contributed by atoms with Crippen molar-refractivity contribution in [1.29, 1.82) is 5.26 Å². The maximum Gasteiger partial charge on any atom is 0.312 e. The van der Waals surface area contributed by atoms with Crippen molar-refractivity contribution in [2.24, 2.45) is 23.2 Å². The van der Waals surface area contributed by atoms with Gasteiger partial charge in [0.05, 0.1) is 16.7 Å². The molecule has 25 heavy (non-hydrogen) atoms. The number of benzene rings is 1. The topological polar surface area (TPSA) is 79.2 Å². The minimum atomic E-state index is -0.402. The highest BCUT2D eigenvalue weighted by molar-refractivity contribution is 5.94. The molecule has 0 radical (unpaired) electrons. The first kappa shape index (κ1) is 16.1. The molecule has 0 atom stereocenters. The molecule has 4 fully saturated rings. The standard InChI is InChI=1S/C20H22N2O3/c21-11-16-3-1-2-4-17(16)22-18(23)12-25-19(24)20-8-13-5-14(9-20)7-15(6-13)10-20/h1-4,13-15H,5-10,12H2,(H,22,23). The van der Waals surface area contributed by atoms with Gasteiger partial charge in [-0.1, -0.05) is 12.1 Å². The van der Waals surface area contributed by atoms with Gasteiger partial charge in [0.25, 0.3) is 5.91 Å². The van der Waals surface area contributed by atoms with Crippen LogP contribution in [0.5, 0.6) is 0 Å². The Bertz CT molecular complexity index is 714. The van der Waals surface area contributed by atoms with Gasteiger partial charge in [-0.2, -0.15) is 5.26 Å². The molecule has 0 spiro atoms. The Kier molecular flexibility index (Phi) is 3.99. The van der Waals surface area contributed by atoms with Crippen LogP contribution in [0.3, 0.4) is 0 Å². The van der Waals surface area contributed by atoms with E-state index in [4.69, 9.17) is 10.00 Å². The highest BCUT2D eigenvalue weighted by atomic mass is 16.5. The van der Waals surface area contributed by atoms with Crippen LogP contribution >= 0.6 is 0 Å². The Hall–Kier alpha value is -2.35. The summed E-state index contributed by atoms with van der Waals surface area (Å²) in [6.07, 6.45) is 6.57. The molecule has 4 bridgehead atoms. The van der Waals surface area contributed by atoms with Gasteiger partial charge in [0.15, 0.2) is 6.61 Å². The number of hydrogen-bond acceptors (Lipinski definition) is 4. The SMILES string of the molecule is N#Cc1ccccc1NC(=O)COC(=O)C12CC3CC(CC(C3)C1)C2. The van der Waals surface area contributed by atoms with Gasteiger partial charge in [0.2, 0.25) is 0 Å². The average molecular weight is 338 g/mol. The van der Waals surface area contributed by atoms with Crippen LogP contribution in [0.4, 0.5) is 5.69 Å².